The van der Waals surface area contributed by atoms with Crippen LogP contribution < -0.4 is 0 Å². The number of hydrogen-bond acceptors (Lipinski definition) is 7. The summed E-state index contributed by atoms with van der Waals surface area (Å²) in [4.78, 5) is 0.131. The number of benzene rings is 1. The van der Waals surface area contributed by atoms with Crippen LogP contribution in [0.3, 0.4) is 0 Å². The molecule has 0 saturated heterocycles. The van der Waals surface area contributed by atoms with E-state index in [0.29, 0.717) is 52.1 Å². The van der Waals surface area contributed by atoms with Gasteiger partial charge in [0.25, 0.3) is 10.1 Å². The normalized spacial score (nSPS) is 11.7. The summed E-state index contributed by atoms with van der Waals surface area (Å²) in [6, 6.07) is 7.98. The Hall–Kier alpha value is -0.740. The SMILES string of the molecule is O=S(=O)(OCCOCCOCCOCCOCCCl)c1ccccc1. The molecular formula is C16H25ClO7S. The molecular weight excluding hydrogens is 372 g/mol. The van der Waals surface area contributed by atoms with Crippen molar-refractivity contribution in [1.82, 2.24) is 0 Å². The van der Waals surface area contributed by atoms with Gasteiger partial charge in [0.05, 0.1) is 64.4 Å². The molecule has 0 N–H and O–H groups in total. The Morgan fingerprint density at radius 2 is 1.12 bits per heavy atom. The highest BCUT2D eigenvalue weighted by Gasteiger charge is 2.13. The maximum Gasteiger partial charge on any atom is 0.297 e. The largest absolute Gasteiger partial charge is 0.378 e. The summed E-state index contributed by atoms with van der Waals surface area (Å²) in [5.41, 5.74) is 0. The van der Waals surface area contributed by atoms with E-state index in [1.54, 1.807) is 18.2 Å². The lowest BCUT2D eigenvalue weighted by Gasteiger charge is -2.08. The maximum atomic E-state index is 11.8. The van der Waals surface area contributed by atoms with Gasteiger partial charge in [-0.05, 0) is 12.1 Å². The first-order chi connectivity index (χ1) is 12.2. The van der Waals surface area contributed by atoms with Crippen molar-refractivity contribution in [2.45, 2.75) is 4.90 Å². The summed E-state index contributed by atoms with van der Waals surface area (Å²) in [6.45, 7) is 3.36. The zero-order chi connectivity index (χ0) is 18.2. The van der Waals surface area contributed by atoms with Gasteiger partial charge >= 0.3 is 0 Å². The van der Waals surface area contributed by atoms with Gasteiger partial charge in [0.2, 0.25) is 0 Å². The van der Waals surface area contributed by atoms with Gasteiger partial charge in [0, 0.05) is 5.88 Å². The molecule has 25 heavy (non-hydrogen) atoms. The predicted octanol–water partition coefficient (Wildman–Crippen LogP) is 1.70. The fourth-order valence-corrected chi connectivity index (χ4v) is 2.70. The van der Waals surface area contributed by atoms with Gasteiger partial charge in [0.1, 0.15) is 0 Å². The average molecular weight is 397 g/mol. The van der Waals surface area contributed by atoms with E-state index in [4.69, 9.17) is 34.7 Å². The zero-order valence-corrected chi connectivity index (χ0v) is 15.7. The predicted molar refractivity (Wildman–Crippen MR) is 93.6 cm³/mol. The third-order valence-corrected chi connectivity index (χ3v) is 4.32. The zero-order valence-electron chi connectivity index (χ0n) is 14.1. The van der Waals surface area contributed by atoms with Crippen LogP contribution in [0, 0.1) is 0 Å². The minimum atomic E-state index is -3.72. The van der Waals surface area contributed by atoms with E-state index >= 15 is 0 Å². The fourth-order valence-electron chi connectivity index (χ4n) is 1.67. The first-order valence-corrected chi connectivity index (χ1v) is 9.92. The van der Waals surface area contributed by atoms with Gasteiger partial charge in [0.15, 0.2) is 0 Å². The molecule has 0 aliphatic carbocycles. The molecule has 0 heterocycles. The Bertz CT molecular complexity index is 525. The van der Waals surface area contributed by atoms with E-state index in [9.17, 15) is 8.42 Å². The molecule has 1 aromatic carbocycles. The van der Waals surface area contributed by atoms with Crippen LogP contribution >= 0.6 is 11.6 Å². The van der Waals surface area contributed by atoms with Gasteiger partial charge in [-0.1, -0.05) is 18.2 Å². The van der Waals surface area contributed by atoms with E-state index in [-0.39, 0.29) is 18.1 Å². The Labute approximate surface area is 154 Å². The highest BCUT2D eigenvalue weighted by Crippen LogP contribution is 2.10. The van der Waals surface area contributed by atoms with Crippen molar-refractivity contribution >= 4 is 21.7 Å². The van der Waals surface area contributed by atoms with Crippen LogP contribution in [0.15, 0.2) is 35.2 Å². The van der Waals surface area contributed by atoms with Gasteiger partial charge < -0.3 is 18.9 Å². The van der Waals surface area contributed by atoms with Gasteiger partial charge in [-0.3, -0.25) is 4.18 Å². The van der Waals surface area contributed by atoms with Gasteiger partial charge in [-0.25, -0.2) is 0 Å². The minimum Gasteiger partial charge on any atom is -0.378 e. The first-order valence-electron chi connectivity index (χ1n) is 7.98. The lowest BCUT2D eigenvalue weighted by molar-refractivity contribution is -0.00305. The second-order valence-electron chi connectivity index (χ2n) is 4.73. The highest BCUT2D eigenvalue weighted by molar-refractivity contribution is 7.86. The van der Waals surface area contributed by atoms with Gasteiger partial charge in [-0.15, -0.1) is 11.6 Å². The topological polar surface area (TPSA) is 80.3 Å². The molecule has 7 nitrogen and oxygen atoms in total. The van der Waals surface area contributed by atoms with Crippen LogP contribution in [0.4, 0.5) is 0 Å². The Balaban J connectivity index is 1.89. The van der Waals surface area contributed by atoms with E-state index < -0.39 is 10.1 Å². The smallest absolute Gasteiger partial charge is 0.297 e. The Morgan fingerprint density at radius 1 is 0.680 bits per heavy atom. The van der Waals surface area contributed by atoms with Crippen LogP contribution in [0.2, 0.25) is 0 Å². The third-order valence-electron chi connectivity index (χ3n) is 2.84. The van der Waals surface area contributed by atoms with E-state index in [1.807, 2.05) is 0 Å². The quantitative estimate of drug-likeness (QED) is 0.239. The minimum absolute atomic E-state index is 0.0390. The Morgan fingerprint density at radius 3 is 1.60 bits per heavy atom. The molecule has 0 saturated carbocycles. The number of alkyl halides is 1. The van der Waals surface area contributed by atoms with E-state index in [2.05, 4.69) is 0 Å². The molecule has 0 aromatic heterocycles. The van der Waals surface area contributed by atoms with Crippen LogP contribution in [0.5, 0.6) is 0 Å². The summed E-state index contributed by atoms with van der Waals surface area (Å²) in [6.07, 6.45) is 0. The Kier molecular flexibility index (Phi) is 12.9. The van der Waals surface area contributed by atoms with Crippen LogP contribution in [-0.2, 0) is 33.2 Å². The summed E-state index contributed by atoms with van der Waals surface area (Å²) >= 11 is 5.46. The molecule has 144 valence electrons. The standard InChI is InChI=1S/C16H25ClO7S/c17-6-7-20-8-9-21-10-11-22-12-13-23-14-15-24-25(18,19)16-4-2-1-3-5-16/h1-5H,6-15H2. The fraction of sp³-hybridized carbons (Fsp3) is 0.625. The second-order valence-corrected chi connectivity index (χ2v) is 6.72. The highest BCUT2D eigenvalue weighted by atomic mass is 35.5. The molecule has 9 heteroatoms. The van der Waals surface area contributed by atoms with Crippen molar-refractivity contribution in [3.05, 3.63) is 30.3 Å². The van der Waals surface area contributed by atoms with Crippen molar-refractivity contribution in [3.8, 4) is 0 Å². The molecule has 0 atom stereocenters. The lowest BCUT2D eigenvalue weighted by atomic mass is 10.4. The summed E-state index contributed by atoms with van der Waals surface area (Å²) in [5.74, 6) is 0.479. The third kappa shape index (κ3) is 11.5. The monoisotopic (exact) mass is 396 g/mol. The molecule has 0 aliphatic rings. The maximum absolute atomic E-state index is 11.8. The van der Waals surface area contributed by atoms with Crippen molar-refractivity contribution in [1.29, 1.82) is 0 Å². The molecule has 0 fully saturated rings. The molecule has 1 rings (SSSR count). The van der Waals surface area contributed by atoms with E-state index in [1.165, 1.54) is 12.1 Å². The molecule has 0 bridgehead atoms. The number of ether oxygens (including phenoxy) is 4. The average Bonchev–Trinajstić information content (AvgIpc) is 2.63. The molecule has 0 unspecified atom stereocenters. The summed E-state index contributed by atoms with van der Waals surface area (Å²) in [5, 5.41) is 0. The molecule has 0 spiro atoms. The van der Waals surface area contributed by atoms with Crippen molar-refractivity contribution in [3.63, 3.8) is 0 Å². The summed E-state index contributed by atoms with van der Waals surface area (Å²) in [7, 11) is -3.72. The number of halogens is 1. The summed E-state index contributed by atoms with van der Waals surface area (Å²) < 4.78 is 49.5. The van der Waals surface area contributed by atoms with Crippen LogP contribution in [-0.4, -0.2) is 73.8 Å². The molecule has 0 amide bonds. The lowest BCUT2D eigenvalue weighted by Crippen LogP contribution is -2.15. The van der Waals surface area contributed by atoms with Gasteiger partial charge in [-0.2, -0.15) is 8.42 Å². The van der Waals surface area contributed by atoms with Crippen molar-refractivity contribution < 1.29 is 31.5 Å². The molecule has 0 radical (unpaired) electrons. The van der Waals surface area contributed by atoms with Crippen molar-refractivity contribution in [2.24, 2.45) is 0 Å². The molecule has 0 aliphatic heterocycles. The number of hydrogen-bond donors (Lipinski definition) is 0. The molecule has 1 aromatic rings. The van der Waals surface area contributed by atoms with Crippen LogP contribution in [0.25, 0.3) is 0 Å². The second kappa shape index (κ2) is 14.4. The van der Waals surface area contributed by atoms with E-state index in [0.717, 1.165) is 0 Å². The number of rotatable bonds is 16. The van der Waals surface area contributed by atoms with Crippen molar-refractivity contribution in [2.75, 3.05) is 65.3 Å². The van der Waals surface area contributed by atoms with Crippen LogP contribution in [0.1, 0.15) is 0 Å². The first kappa shape index (κ1) is 22.3.